The molecule has 1 aliphatic carbocycles. The zero-order valence-corrected chi connectivity index (χ0v) is 20.6. The molecule has 0 bridgehead atoms. The van der Waals surface area contributed by atoms with Crippen LogP contribution in [-0.2, 0) is 24.7 Å². The summed E-state index contributed by atoms with van der Waals surface area (Å²) in [6.45, 7) is 1.83. The Labute approximate surface area is 205 Å². The molecule has 178 valence electrons. The third kappa shape index (κ3) is 5.15. The van der Waals surface area contributed by atoms with Crippen LogP contribution in [0.15, 0.2) is 35.5 Å². The average molecular weight is 499 g/mol. The number of aromatic nitrogens is 3. The summed E-state index contributed by atoms with van der Waals surface area (Å²) in [6, 6.07) is 8.57. The molecule has 0 aliphatic heterocycles. The lowest BCUT2D eigenvalue weighted by Gasteiger charge is -2.13. The molecule has 1 aromatic carbocycles. The van der Waals surface area contributed by atoms with Crippen LogP contribution in [0.2, 0.25) is 0 Å². The molecule has 11 heteroatoms. The van der Waals surface area contributed by atoms with Crippen LogP contribution < -0.4 is 16.4 Å². The maximum atomic E-state index is 12.6. The molecule has 3 amide bonds. The molecule has 0 unspecified atom stereocenters. The fourth-order valence-electron chi connectivity index (χ4n) is 3.97. The van der Waals surface area contributed by atoms with Gasteiger partial charge < -0.3 is 20.9 Å². The summed E-state index contributed by atoms with van der Waals surface area (Å²) in [5, 5.41) is 15.2. The third-order valence-electron chi connectivity index (χ3n) is 5.64. The minimum absolute atomic E-state index is 0.0947. The number of hydrogen-bond donors (Lipinski definition) is 3. The number of aryl methyl sites for hydroxylation is 1. The summed E-state index contributed by atoms with van der Waals surface area (Å²) in [4.78, 5) is 38.2. The molecule has 3 aromatic rings. The second kappa shape index (κ2) is 10.4. The van der Waals surface area contributed by atoms with Crippen LogP contribution in [0, 0.1) is 0 Å². The molecule has 1 atom stereocenters. The van der Waals surface area contributed by atoms with E-state index in [4.69, 9.17) is 5.73 Å². The van der Waals surface area contributed by atoms with E-state index in [1.807, 2.05) is 13.0 Å². The first kappa shape index (κ1) is 24.0. The number of benzene rings is 1. The first-order valence-electron chi connectivity index (χ1n) is 11.0. The lowest BCUT2D eigenvalue weighted by Crippen LogP contribution is -2.28. The number of hydrogen-bond acceptors (Lipinski definition) is 7. The molecule has 0 radical (unpaired) electrons. The first-order chi connectivity index (χ1) is 16.3. The van der Waals surface area contributed by atoms with Crippen molar-refractivity contribution in [2.24, 2.45) is 12.8 Å². The fourth-order valence-corrected chi connectivity index (χ4v) is 6.00. The van der Waals surface area contributed by atoms with Crippen LogP contribution in [0.1, 0.15) is 62.8 Å². The summed E-state index contributed by atoms with van der Waals surface area (Å²) < 4.78 is 1.76. The predicted molar refractivity (Wildman–Crippen MR) is 132 cm³/mol. The van der Waals surface area contributed by atoms with Gasteiger partial charge in [0.15, 0.2) is 11.0 Å². The highest BCUT2D eigenvalue weighted by Crippen LogP contribution is 2.38. The van der Waals surface area contributed by atoms with Crippen LogP contribution in [0.3, 0.4) is 0 Å². The lowest BCUT2D eigenvalue weighted by molar-refractivity contribution is -0.113. The molecule has 2 heterocycles. The van der Waals surface area contributed by atoms with Crippen molar-refractivity contribution >= 4 is 45.8 Å². The second-order valence-corrected chi connectivity index (χ2v) is 10.1. The molecule has 9 nitrogen and oxygen atoms in total. The highest BCUT2D eigenvalue weighted by Gasteiger charge is 2.25. The van der Waals surface area contributed by atoms with Gasteiger partial charge in [-0.25, -0.2) is 0 Å². The van der Waals surface area contributed by atoms with Gasteiger partial charge >= 0.3 is 0 Å². The Bertz CT molecular complexity index is 1220. The quantitative estimate of drug-likeness (QED) is 0.409. The molecule has 4 rings (SSSR count). The van der Waals surface area contributed by atoms with Crippen molar-refractivity contribution in [3.63, 3.8) is 0 Å². The maximum absolute atomic E-state index is 12.6. The minimum Gasteiger partial charge on any atom is -0.365 e. The fraction of sp³-hybridized carbons (Fsp3) is 0.348. The standard InChI is InChI=1S/C23H26N6O3S2/c1-13(25-21(32)14-8-4-3-5-9-14)20-27-28-23(29(20)2)33-12-17(30)26-22-18(19(24)31)15-10-6-7-11-16(15)34-22/h3-5,8-9,13H,6-7,10-12H2,1-2H3,(H2,24,31)(H,25,32)(H,26,30)/t13-/m1/s1. The van der Waals surface area contributed by atoms with Crippen LogP contribution in [-0.4, -0.2) is 38.2 Å². The van der Waals surface area contributed by atoms with Gasteiger partial charge in [-0.05, 0) is 50.3 Å². The van der Waals surface area contributed by atoms with Gasteiger partial charge in [-0.3, -0.25) is 14.4 Å². The smallest absolute Gasteiger partial charge is 0.251 e. The Morgan fingerprint density at radius 1 is 1.18 bits per heavy atom. The van der Waals surface area contributed by atoms with Gasteiger partial charge in [0.1, 0.15) is 5.00 Å². The summed E-state index contributed by atoms with van der Waals surface area (Å²) >= 11 is 2.67. The van der Waals surface area contributed by atoms with E-state index >= 15 is 0 Å². The van der Waals surface area contributed by atoms with E-state index in [2.05, 4.69) is 20.8 Å². The van der Waals surface area contributed by atoms with Gasteiger partial charge in [-0.2, -0.15) is 0 Å². The van der Waals surface area contributed by atoms with Crippen LogP contribution in [0.4, 0.5) is 5.00 Å². The summed E-state index contributed by atoms with van der Waals surface area (Å²) in [6.07, 6.45) is 3.82. The molecule has 0 fully saturated rings. The molecule has 34 heavy (non-hydrogen) atoms. The molecule has 4 N–H and O–H groups in total. The Kier molecular flexibility index (Phi) is 7.32. The number of nitrogens with zero attached hydrogens (tertiary/aromatic N) is 3. The van der Waals surface area contributed by atoms with Gasteiger partial charge in [-0.15, -0.1) is 21.5 Å². The number of thioether (sulfide) groups is 1. The maximum Gasteiger partial charge on any atom is 0.251 e. The monoisotopic (exact) mass is 498 g/mol. The molecule has 2 aromatic heterocycles. The number of rotatable bonds is 8. The van der Waals surface area contributed by atoms with E-state index < -0.39 is 5.91 Å². The number of nitrogens with one attached hydrogen (secondary N) is 2. The minimum atomic E-state index is -0.508. The number of anilines is 1. The Morgan fingerprint density at radius 2 is 1.91 bits per heavy atom. The van der Waals surface area contributed by atoms with Gasteiger partial charge in [0, 0.05) is 17.5 Å². The Balaban J connectivity index is 1.37. The van der Waals surface area contributed by atoms with E-state index in [0.717, 1.165) is 36.1 Å². The SMILES string of the molecule is C[C@@H](NC(=O)c1ccccc1)c1nnc(SCC(=O)Nc2sc3c(c2C(N)=O)CCCC3)n1C. The van der Waals surface area contributed by atoms with Crippen molar-refractivity contribution in [2.45, 2.75) is 43.8 Å². The molecular formula is C23H26N6O3S2. The van der Waals surface area contributed by atoms with Crippen molar-refractivity contribution in [3.05, 3.63) is 57.7 Å². The normalized spacial score (nSPS) is 13.7. The number of nitrogens with two attached hydrogens (primary N) is 1. The molecule has 0 spiro atoms. The van der Waals surface area contributed by atoms with Crippen molar-refractivity contribution in [1.82, 2.24) is 20.1 Å². The van der Waals surface area contributed by atoms with Gasteiger partial charge in [0.05, 0.1) is 17.4 Å². The van der Waals surface area contributed by atoms with Crippen LogP contribution >= 0.6 is 23.1 Å². The highest BCUT2D eigenvalue weighted by atomic mass is 32.2. The van der Waals surface area contributed by atoms with Crippen molar-refractivity contribution < 1.29 is 14.4 Å². The Morgan fingerprint density at radius 3 is 2.65 bits per heavy atom. The average Bonchev–Trinajstić information content (AvgIpc) is 3.37. The largest absolute Gasteiger partial charge is 0.365 e. The van der Waals surface area contributed by atoms with E-state index in [1.54, 1.807) is 35.9 Å². The van der Waals surface area contributed by atoms with Crippen LogP contribution in [0.25, 0.3) is 0 Å². The van der Waals surface area contributed by atoms with E-state index in [1.165, 1.54) is 23.1 Å². The Hall–Kier alpha value is -3.18. The van der Waals surface area contributed by atoms with Crippen molar-refractivity contribution in [2.75, 3.05) is 11.1 Å². The first-order valence-corrected chi connectivity index (χ1v) is 12.8. The van der Waals surface area contributed by atoms with Gasteiger partial charge in [-0.1, -0.05) is 30.0 Å². The predicted octanol–water partition coefficient (Wildman–Crippen LogP) is 3.08. The number of thiophene rings is 1. The topological polar surface area (TPSA) is 132 Å². The number of carbonyl (C=O) groups excluding carboxylic acids is 3. The number of amides is 3. The van der Waals surface area contributed by atoms with Crippen molar-refractivity contribution in [1.29, 1.82) is 0 Å². The zero-order valence-electron chi connectivity index (χ0n) is 19.0. The number of carbonyl (C=O) groups is 3. The zero-order chi connectivity index (χ0) is 24.2. The van der Waals surface area contributed by atoms with Crippen molar-refractivity contribution in [3.8, 4) is 0 Å². The lowest BCUT2D eigenvalue weighted by atomic mass is 9.95. The summed E-state index contributed by atoms with van der Waals surface area (Å²) in [5.74, 6) is -0.284. The van der Waals surface area contributed by atoms with E-state index in [-0.39, 0.29) is 23.6 Å². The molecular weight excluding hydrogens is 472 g/mol. The summed E-state index contributed by atoms with van der Waals surface area (Å²) in [5.41, 5.74) is 7.60. The molecule has 1 aliphatic rings. The number of fused-ring (bicyclic) bond motifs is 1. The van der Waals surface area contributed by atoms with E-state index in [9.17, 15) is 14.4 Å². The third-order valence-corrected chi connectivity index (χ3v) is 7.87. The molecule has 0 saturated heterocycles. The highest BCUT2D eigenvalue weighted by molar-refractivity contribution is 7.99. The van der Waals surface area contributed by atoms with Gasteiger partial charge in [0.25, 0.3) is 11.8 Å². The van der Waals surface area contributed by atoms with Gasteiger partial charge in [0.2, 0.25) is 5.91 Å². The second-order valence-electron chi connectivity index (χ2n) is 8.08. The van der Waals surface area contributed by atoms with E-state index in [0.29, 0.717) is 27.1 Å². The molecule has 0 saturated carbocycles. The van der Waals surface area contributed by atoms with Crippen LogP contribution in [0.5, 0.6) is 0 Å². The number of primary amides is 1. The summed E-state index contributed by atoms with van der Waals surface area (Å²) in [7, 11) is 1.79.